The van der Waals surface area contributed by atoms with E-state index < -0.39 is 0 Å². The van der Waals surface area contributed by atoms with Crippen LogP contribution in [0.15, 0.2) is 48.5 Å². The molecule has 0 unspecified atom stereocenters. The van der Waals surface area contributed by atoms with E-state index in [9.17, 15) is 4.79 Å². The maximum Gasteiger partial charge on any atom is 0.238 e. The normalized spacial score (nSPS) is 15.2. The molecule has 6 heteroatoms. The van der Waals surface area contributed by atoms with Gasteiger partial charge in [0, 0.05) is 25.3 Å². The Morgan fingerprint density at radius 1 is 0.857 bits per heavy atom. The summed E-state index contributed by atoms with van der Waals surface area (Å²) in [4.78, 5) is 16.9. The van der Waals surface area contributed by atoms with E-state index in [0.717, 1.165) is 39.1 Å². The Kier molecular flexibility index (Phi) is 6.75. The van der Waals surface area contributed by atoms with Gasteiger partial charge >= 0.3 is 0 Å². The number of benzene rings is 2. The van der Waals surface area contributed by atoms with Gasteiger partial charge < -0.3 is 5.32 Å². The number of nitrogens with one attached hydrogen (secondary N) is 1. The first-order chi connectivity index (χ1) is 13.7. The summed E-state index contributed by atoms with van der Waals surface area (Å²) in [6.07, 6.45) is 1.01. The number of nitrogens with zero attached hydrogens (tertiary/aromatic N) is 4. The number of nitriles is 2. The van der Waals surface area contributed by atoms with Crippen molar-refractivity contribution in [2.45, 2.75) is 13.0 Å². The predicted molar refractivity (Wildman–Crippen MR) is 107 cm³/mol. The van der Waals surface area contributed by atoms with Crippen molar-refractivity contribution in [1.29, 1.82) is 10.5 Å². The molecule has 1 aliphatic rings. The number of anilines is 1. The van der Waals surface area contributed by atoms with Gasteiger partial charge in [0.1, 0.15) is 0 Å². The summed E-state index contributed by atoms with van der Waals surface area (Å²) in [6, 6.07) is 18.8. The number of carbonyl (C=O) groups is 1. The third-order valence-corrected chi connectivity index (χ3v) is 4.84. The standard InChI is InChI=1S/C22H23N5O/c23-14-18-2-4-20(5-3-18)16-26-10-1-11-27(13-12-26)17-22(28)25-21-8-6-19(15-24)7-9-21/h2-9H,1,10-13,16-17H2,(H,25,28). The lowest BCUT2D eigenvalue weighted by atomic mass is 10.1. The molecule has 2 aromatic rings. The molecule has 0 spiro atoms. The Labute approximate surface area is 165 Å². The predicted octanol–water partition coefficient (Wildman–Crippen LogP) is 2.58. The quantitative estimate of drug-likeness (QED) is 0.871. The fourth-order valence-corrected chi connectivity index (χ4v) is 3.32. The van der Waals surface area contributed by atoms with Gasteiger partial charge in [-0.3, -0.25) is 14.6 Å². The van der Waals surface area contributed by atoms with E-state index in [-0.39, 0.29) is 5.91 Å². The molecule has 0 atom stereocenters. The first-order valence-corrected chi connectivity index (χ1v) is 9.40. The minimum absolute atomic E-state index is 0.0368. The molecule has 0 bridgehead atoms. The van der Waals surface area contributed by atoms with Gasteiger partial charge in [-0.05, 0) is 61.5 Å². The third kappa shape index (κ3) is 5.65. The summed E-state index contributed by atoms with van der Waals surface area (Å²) in [5, 5.41) is 20.6. The number of rotatable bonds is 5. The molecule has 142 valence electrons. The van der Waals surface area contributed by atoms with Crippen LogP contribution >= 0.6 is 0 Å². The van der Waals surface area contributed by atoms with Crippen molar-refractivity contribution in [3.8, 4) is 12.1 Å². The van der Waals surface area contributed by atoms with Crippen molar-refractivity contribution in [3.63, 3.8) is 0 Å². The van der Waals surface area contributed by atoms with Gasteiger partial charge in [-0.1, -0.05) is 12.1 Å². The highest BCUT2D eigenvalue weighted by Gasteiger charge is 2.17. The SMILES string of the molecule is N#Cc1ccc(CN2CCCN(CC(=O)Nc3ccc(C#N)cc3)CC2)cc1. The molecule has 1 amide bonds. The monoisotopic (exact) mass is 373 g/mol. The van der Waals surface area contributed by atoms with E-state index in [2.05, 4.69) is 27.3 Å². The minimum atomic E-state index is -0.0368. The highest BCUT2D eigenvalue weighted by Crippen LogP contribution is 2.12. The molecule has 3 rings (SSSR count). The average molecular weight is 373 g/mol. The first kappa shape index (κ1) is 19.6. The number of hydrogen-bond acceptors (Lipinski definition) is 5. The van der Waals surface area contributed by atoms with Crippen LogP contribution in [0.1, 0.15) is 23.1 Å². The summed E-state index contributed by atoms with van der Waals surface area (Å²) in [6.45, 7) is 4.86. The van der Waals surface area contributed by atoms with E-state index >= 15 is 0 Å². The molecule has 1 saturated heterocycles. The second-order valence-electron chi connectivity index (χ2n) is 6.95. The molecule has 1 heterocycles. The van der Waals surface area contributed by atoms with Crippen LogP contribution in [0.4, 0.5) is 5.69 Å². The Balaban J connectivity index is 1.46. The lowest BCUT2D eigenvalue weighted by molar-refractivity contribution is -0.117. The summed E-state index contributed by atoms with van der Waals surface area (Å²) in [5.41, 5.74) is 3.17. The van der Waals surface area contributed by atoms with Crippen molar-refractivity contribution in [1.82, 2.24) is 9.80 Å². The van der Waals surface area contributed by atoms with Gasteiger partial charge in [-0.15, -0.1) is 0 Å². The summed E-state index contributed by atoms with van der Waals surface area (Å²) in [5.74, 6) is -0.0368. The zero-order chi connectivity index (χ0) is 19.8. The Bertz CT molecular complexity index is 877. The zero-order valence-electron chi connectivity index (χ0n) is 15.8. The Morgan fingerprint density at radius 3 is 2.07 bits per heavy atom. The minimum Gasteiger partial charge on any atom is -0.325 e. The molecule has 1 aliphatic heterocycles. The lowest BCUT2D eigenvalue weighted by Gasteiger charge is -2.21. The van der Waals surface area contributed by atoms with Crippen molar-refractivity contribution >= 4 is 11.6 Å². The van der Waals surface area contributed by atoms with Crippen molar-refractivity contribution in [2.75, 3.05) is 38.0 Å². The van der Waals surface area contributed by atoms with E-state index in [1.54, 1.807) is 24.3 Å². The van der Waals surface area contributed by atoms with Crippen LogP contribution in [0.5, 0.6) is 0 Å². The molecular formula is C22H23N5O. The maximum atomic E-state index is 12.3. The van der Waals surface area contributed by atoms with Crippen LogP contribution in [0.3, 0.4) is 0 Å². The number of hydrogen-bond donors (Lipinski definition) is 1. The molecule has 1 fully saturated rings. The van der Waals surface area contributed by atoms with E-state index in [4.69, 9.17) is 10.5 Å². The van der Waals surface area contributed by atoms with Crippen molar-refractivity contribution in [3.05, 3.63) is 65.2 Å². The molecule has 2 aromatic carbocycles. The largest absolute Gasteiger partial charge is 0.325 e. The maximum absolute atomic E-state index is 12.3. The van der Waals surface area contributed by atoms with Crippen molar-refractivity contribution < 1.29 is 4.79 Å². The van der Waals surface area contributed by atoms with E-state index in [1.807, 2.05) is 24.3 Å². The molecule has 0 radical (unpaired) electrons. The first-order valence-electron chi connectivity index (χ1n) is 9.40. The summed E-state index contributed by atoms with van der Waals surface area (Å²) < 4.78 is 0. The van der Waals surface area contributed by atoms with Crippen LogP contribution in [-0.4, -0.2) is 48.4 Å². The fourth-order valence-electron chi connectivity index (χ4n) is 3.32. The average Bonchev–Trinajstić information content (AvgIpc) is 2.94. The third-order valence-electron chi connectivity index (χ3n) is 4.84. The van der Waals surface area contributed by atoms with E-state index in [0.29, 0.717) is 23.4 Å². The smallest absolute Gasteiger partial charge is 0.238 e. The lowest BCUT2D eigenvalue weighted by Crippen LogP contribution is -2.36. The van der Waals surface area contributed by atoms with E-state index in [1.165, 1.54) is 5.56 Å². The van der Waals surface area contributed by atoms with Crippen molar-refractivity contribution in [2.24, 2.45) is 0 Å². The van der Waals surface area contributed by atoms with Crippen LogP contribution in [0.25, 0.3) is 0 Å². The summed E-state index contributed by atoms with van der Waals surface area (Å²) in [7, 11) is 0. The van der Waals surface area contributed by atoms with Crippen LogP contribution in [-0.2, 0) is 11.3 Å². The molecule has 0 aliphatic carbocycles. The highest BCUT2D eigenvalue weighted by molar-refractivity contribution is 5.92. The van der Waals surface area contributed by atoms with Gasteiger partial charge in [0.05, 0.1) is 29.8 Å². The van der Waals surface area contributed by atoms with Gasteiger partial charge in [0.25, 0.3) is 0 Å². The Hall–Kier alpha value is -3.19. The van der Waals surface area contributed by atoms with Gasteiger partial charge in [-0.25, -0.2) is 0 Å². The second kappa shape index (κ2) is 9.66. The fraction of sp³-hybridized carbons (Fsp3) is 0.318. The van der Waals surface area contributed by atoms with Gasteiger partial charge in [0.2, 0.25) is 5.91 Å². The molecule has 0 aromatic heterocycles. The molecule has 28 heavy (non-hydrogen) atoms. The summed E-state index contributed by atoms with van der Waals surface area (Å²) >= 11 is 0. The van der Waals surface area contributed by atoms with Gasteiger partial charge in [-0.2, -0.15) is 10.5 Å². The second-order valence-corrected chi connectivity index (χ2v) is 6.95. The molecular weight excluding hydrogens is 350 g/mol. The van der Waals surface area contributed by atoms with Crippen LogP contribution in [0.2, 0.25) is 0 Å². The number of amides is 1. The van der Waals surface area contributed by atoms with Crippen LogP contribution < -0.4 is 5.32 Å². The number of carbonyl (C=O) groups excluding carboxylic acids is 1. The molecule has 1 N–H and O–H groups in total. The van der Waals surface area contributed by atoms with Crippen LogP contribution in [0, 0.1) is 22.7 Å². The zero-order valence-corrected chi connectivity index (χ0v) is 15.8. The topological polar surface area (TPSA) is 83.2 Å². The molecule has 0 saturated carbocycles. The van der Waals surface area contributed by atoms with Gasteiger partial charge in [0.15, 0.2) is 0 Å². The Morgan fingerprint density at radius 2 is 1.43 bits per heavy atom. The highest BCUT2D eigenvalue weighted by atomic mass is 16.2. The molecule has 6 nitrogen and oxygen atoms in total.